The summed E-state index contributed by atoms with van der Waals surface area (Å²) in [6.07, 6.45) is 2.30. The number of piperidine rings is 1. The lowest BCUT2D eigenvalue weighted by Crippen LogP contribution is -2.35. The molecule has 0 bridgehead atoms. The van der Waals surface area contributed by atoms with Gasteiger partial charge in [0, 0.05) is 20.1 Å². The van der Waals surface area contributed by atoms with Crippen LogP contribution >= 0.6 is 0 Å². The molecule has 1 aliphatic heterocycles. The van der Waals surface area contributed by atoms with Gasteiger partial charge < -0.3 is 15.5 Å². The molecule has 0 spiro atoms. The average Bonchev–Trinajstić information content (AvgIpc) is 2.44. The molecule has 1 aromatic heterocycles. The molecule has 2 N–H and O–H groups in total. The molecule has 1 aliphatic rings. The van der Waals surface area contributed by atoms with E-state index in [9.17, 15) is 10.1 Å². The number of aryl methyl sites for hydroxylation is 1. The molecule has 8 nitrogen and oxygen atoms in total. The number of nitrogens with zero attached hydrogens (tertiary/aromatic N) is 4. The molecule has 2 heterocycles. The first-order valence-corrected chi connectivity index (χ1v) is 7.14. The molecule has 1 fully saturated rings. The quantitative estimate of drug-likeness (QED) is 0.627. The highest BCUT2D eigenvalue weighted by Crippen LogP contribution is 2.27. The van der Waals surface area contributed by atoms with Crippen molar-refractivity contribution in [3.05, 3.63) is 15.8 Å². The van der Waals surface area contributed by atoms with Crippen molar-refractivity contribution in [3.8, 4) is 0 Å². The third-order valence-electron chi connectivity index (χ3n) is 3.74. The lowest BCUT2D eigenvalue weighted by atomic mass is 9.98. The van der Waals surface area contributed by atoms with E-state index in [2.05, 4.69) is 32.5 Å². The van der Waals surface area contributed by atoms with Crippen LogP contribution in [0.5, 0.6) is 0 Å². The van der Waals surface area contributed by atoms with E-state index in [1.165, 1.54) is 0 Å². The van der Waals surface area contributed by atoms with Crippen molar-refractivity contribution >= 4 is 17.5 Å². The molecule has 8 heteroatoms. The Bertz CT molecular complexity index is 522. The molecule has 0 radical (unpaired) electrons. The zero-order valence-electron chi connectivity index (χ0n) is 12.7. The molecule has 1 aromatic rings. The second-order valence-corrected chi connectivity index (χ2v) is 5.49. The van der Waals surface area contributed by atoms with Gasteiger partial charge in [0.25, 0.3) is 0 Å². The molecule has 1 atom stereocenters. The van der Waals surface area contributed by atoms with Gasteiger partial charge in [-0.2, -0.15) is 4.98 Å². The summed E-state index contributed by atoms with van der Waals surface area (Å²) < 4.78 is 0. The van der Waals surface area contributed by atoms with E-state index in [1.807, 2.05) is 0 Å². The fraction of sp³-hybridized carbons (Fsp3) is 0.692. The van der Waals surface area contributed by atoms with Gasteiger partial charge in [-0.1, -0.05) is 0 Å². The predicted molar refractivity (Wildman–Crippen MR) is 81.7 cm³/mol. The molecule has 1 saturated heterocycles. The highest BCUT2D eigenvalue weighted by Gasteiger charge is 2.23. The Morgan fingerprint density at radius 2 is 2.24 bits per heavy atom. The van der Waals surface area contributed by atoms with Gasteiger partial charge in [0.15, 0.2) is 0 Å². The number of hydrogen-bond donors (Lipinski definition) is 2. The fourth-order valence-electron chi connectivity index (χ4n) is 2.70. The van der Waals surface area contributed by atoms with Crippen LogP contribution < -0.4 is 10.6 Å². The van der Waals surface area contributed by atoms with Crippen LogP contribution in [0.1, 0.15) is 18.5 Å². The number of hydrogen-bond acceptors (Lipinski definition) is 7. The average molecular weight is 294 g/mol. The number of likely N-dealkylation sites (tertiary alicyclic amines) is 1. The zero-order chi connectivity index (χ0) is 15.4. The molecule has 0 amide bonds. The van der Waals surface area contributed by atoms with Gasteiger partial charge in [0.2, 0.25) is 11.8 Å². The molecule has 1 unspecified atom stereocenters. The first-order valence-electron chi connectivity index (χ1n) is 7.14. The Balaban J connectivity index is 2.14. The second kappa shape index (κ2) is 6.66. The standard InChI is InChI=1S/C13H22N6O2/c1-9-11(19(20)21)12(17-13(14-2)16-9)15-7-10-5-4-6-18(3)8-10/h10H,4-8H2,1-3H3,(H2,14,15,16,17). The smallest absolute Gasteiger partial charge is 0.332 e. The minimum atomic E-state index is -0.426. The number of nitrogens with one attached hydrogen (secondary N) is 2. The minimum Gasteiger partial charge on any atom is -0.364 e. The SMILES string of the molecule is CNc1nc(C)c([N+](=O)[O-])c(NCC2CCCN(C)C2)n1. The molecule has 0 aromatic carbocycles. The Hall–Kier alpha value is -1.96. The maximum absolute atomic E-state index is 11.2. The Labute approximate surface area is 124 Å². The number of nitro groups is 1. The number of rotatable bonds is 5. The molecule has 0 saturated carbocycles. The Morgan fingerprint density at radius 3 is 2.86 bits per heavy atom. The van der Waals surface area contributed by atoms with Gasteiger partial charge in [-0.05, 0) is 39.3 Å². The summed E-state index contributed by atoms with van der Waals surface area (Å²) in [5, 5.41) is 17.2. The molecule has 0 aliphatic carbocycles. The summed E-state index contributed by atoms with van der Waals surface area (Å²) >= 11 is 0. The van der Waals surface area contributed by atoms with Crippen LogP contribution in [0.2, 0.25) is 0 Å². The van der Waals surface area contributed by atoms with E-state index in [4.69, 9.17) is 0 Å². The van der Waals surface area contributed by atoms with Crippen molar-refractivity contribution in [2.75, 3.05) is 44.4 Å². The van der Waals surface area contributed by atoms with Crippen molar-refractivity contribution in [1.29, 1.82) is 0 Å². The largest absolute Gasteiger partial charge is 0.364 e. The summed E-state index contributed by atoms with van der Waals surface area (Å²) in [6.45, 7) is 4.43. The van der Waals surface area contributed by atoms with Crippen LogP contribution in [0, 0.1) is 23.0 Å². The molecule has 2 rings (SSSR count). The molecule has 116 valence electrons. The van der Waals surface area contributed by atoms with Gasteiger partial charge in [0.05, 0.1) is 4.92 Å². The highest BCUT2D eigenvalue weighted by atomic mass is 16.6. The van der Waals surface area contributed by atoms with Crippen molar-refractivity contribution in [2.24, 2.45) is 5.92 Å². The third kappa shape index (κ3) is 3.78. The normalized spacial score (nSPS) is 19.3. The van der Waals surface area contributed by atoms with E-state index < -0.39 is 4.92 Å². The van der Waals surface area contributed by atoms with E-state index in [0.29, 0.717) is 29.9 Å². The van der Waals surface area contributed by atoms with Crippen molar-refractivity contribution in [2.45, 2.75) is 19.8 Å². The van der Waals surface area contributed by atoms with E-state index >= 15 is 0 Å². The van der Waals surface area contributed by atoms with E-state index in [-0.39, 0.29) is 5.69 Å². The molecular formula is C13H22N6O2. The zero-order valence-corrected chi connectivity index (χ0v) is 12.7. The first kappa shape index (κ1) is 15.4. The van der Waals surface area contributed by atoms with E-state index in [1.54, 1.807) is 14.0 Å². The monoisotopic (exact) mass is 294 g/mol. The van der Waals surface area contributed by atoms with Crippen LogP contribution in [-0.4, -0.2) is 53.5 Å². The maximum atomic E-state index is 11.2. The molecular weight excluding hydrogens is 272 g/mol. The van der Waals surface area contributed by atoms with Crippen LogP contribution in [0.3, 0.4) is 0 Å². The van der Waals surface area contributed by atoms with Gasteiger partial charge in [-0.3, -0.25) is 10.1 Å². The van der Waals surface area contributed by atoms with Gasteiger partial charge in [-0.25, -0.2) is 4.98 Å². The van der Waals surface area contributed by atoms with E-state index in [0.717, 1.165) is 25.9 Å². The Morgan fingerprint density at radius 1 is 1.48 bits per heavy atom. The van der Waals surface area contributed by atoms with Crippen LogP contribution in [-0.2, 0) is 0 Å². The summed E-state index contributed by atoms with van der Waals surface area (Å²) in [6, 6.07) is 0. The fourth-order valence-corrected chi connectivity index (χ4v) is 2.70. The predicted octanol–water partition coefficient (Wildman–Crippen LogP) is 1.49. The lowest BCUT2D eigenvalue weighted by molar-refractivity contribution is -0.385. The van der Waals surface area contributed by atoms with Gasteiger partial charge in [0.1, 0.15) is 5.69 Å². The summed E-state index contributed by atoms with van der Waals surface area (Å²) in [5.41, 5.74) is 0.320. The van der Waals surface area contributed by atoms with Crippen molar-refractivity contribution in [3.63, 3.8) is 0 Å². The summed E-state index contributed by atoms with van der Waals surface area (Å²) in [4.78, 5) is 21.3. The summed E-state index contributed by atoms with van der Waals surface area (Å²) in [5.74, 6) is 1.17. The van der Waals surface area contributed by atoms with Crippen LogP contribution in [0.25, 0.3) is 0 Å². The van der Waals surface area contributed by atoms with Crippen LogP contribution in [0.4, 0.5) is 17.5 Å². The lowest BCUT2D eigenvalue weighted by Gasteiger charge is -2.29. The van der Waals surface area contributed by atoms with Crippen molar-refractivity contribution < 1.29 is 4.92 Å². The Kier molecular flexibility index (Phi) is 4.89. The van der Waals surface area contributed by atoms with Crippen molar-refractivity contribution in [1.82, 2.24) is 14.9 Å². The first-order chi connectivity index (χ1) is 10.0. The second-order valence-electron chi connectivity index (χ2n) is 5.49. The number of anilines is 2. The topological polar surface area (TPSA) is 96.2 Å². The minimum absolute atomic E-state index is 0.0434. The van der Waals surface area contributed by atoms with Gasteiger partial charge >= 0.3 is 5.69 Å². The highest BCUT2D eigenvalue weighted by molar-refractivity contribution is 5.60. The number of aromatic nitrogens is 2. The van der Waals surface area contributed by atoms with Crippen LogP contribution in [0.15, 0.2) is 0 Å². The summed E-state index contributed by atoms with van der Waals surface area (Å²) in [7, 11) is 3.79. The maximum Gasteiger partial charge on any atom is 0.332 e. The molecule has 21 heavy (non-hydrogen) atoms. The third-order valence-corrected chi connectivity index (χ3v) is 3.74. The van der Waals surface area contributed by atoms with Gasteiger partial charge in [-0.15, -0.1) is 0 Å².